The fourth-order valence-corrected chi connectivity index (χ4v) is 2.51. The molecule has 88 valence electrons. The molecule has 2 heteroatoms. The van der Waals surface area contributed by atoms with Crippen LogP contribution in [0.25, 0.3) is 0 Å². The summed E-state index contributed by atoms with van der Waals surface area (Å²) < 4.78 is 0. The van der Waals surface area contributed by atoms with Crippen LogP contribution in [0.4, 0.5) is 0 Å². The summed E-state index contributed by atoms with van der Waals surface area (Å²) in [5, 5.41) is 13.0. The van der Waals surface area contributed by atoms with E-state index in [2.05, 4.69) is 29.6 Å². The van der Waals surface area contributed by atoms with E-state index in [4.69, 9.17) is 0 Å². The highest BCUT2D eigenvalue weighted by atomic mass is 16.3. The molecule has 0 spiro atoms. The van der Waals surface area contributed by atoms with E-state index < -0.39 is 0 Å². The second-order valence-electron chi connectivity index (χ2n) is 4.92. The lowest BCUT2D eigenvalue weighted by Crippen LogP contribution is -2.42. The Kier molecular flexibility index (Phi) is 3.97. The highest BCUT2D eigenvalue weighted by molar-refractivity contribution is 5.15. The monoisotopic (exact) mass is 219 g/mol. The fraction of sp³-hybridized carbons (Fsp3) is 0.571. The second-order valence-corrected chi connectivity index (χ2v) is 4.92. The van der Waals surface area contributed by atoms with E-state index in [9.17, 15) is 5.11 Å². The molecule has 2 N–H and O–H groups in total. The Hall–Kier alpha value is -0.860. The van der Waals surface area contributed by atoms with Crippen molar-refractivity contribution in [2.24, 2.45) is 5.41 Å². The maximum absolute atomic E-state index is 9.58. The highest BCUT2D eigenvalue weighted by Gasteiger charge is 2.30. The number of hydrogen-bond donors (Lipinski definition) is 2. The van der Waals surface area contributed by atoms with Crippen LogP contribution in [-0.4, -0.2) is 24.8 Å². The van der Waals surface area contributed by atoms with Gasteiger partial charge in [-0.2, -0.15) is 0 Å². The lowest BCUT2D eigenvalue weighted by Gasteiger charge is -2.36. The lowest BCUT2D eigenvalue weighted by molar-refractivity contribution is 0.0862. The Morgan fingerprint density at radius 1 is 1.25 bits per heavy atom. The van der Waals surface area contributed by atoms with E-state index in [-0.39, 0.29) is 5.41 Å². The minimum absolute atomic E-state index is 0.119. The summed E-state index contributed by atoms with van der Waals surface area (Å²) in [6, 6.07) is 10.6. The number of benzene rings is 1. The maximum atomic E-state index is 9.58. The molecule has 0 radical (unpaired) electrons. The highest BCUT2D eigenvalue weighted by Crippen LogP contribution is 2.30. The number of hydrogen-bond acceptors (Lipinski definition) is 2. The van der Waals surface area contributed by atoms with Crippen molar-refractivity contribution in [2.45, 2.75) is 25.7 Å². The summed E-state index contributed by atoms with van der Waals surface area (Å²) in [5.41, 5.74) is 1.49. The van der Waals surface area contributed by atoms with Crippen LogP contribution in [0.5, 0.6) is 0 Å². The van der Waals surface area contributed by atoms with Crippen LogP contribution in [0, 0.1) is 5.41 Å². The minimum Gasteiger partial charge on any atom is -0.396 e. The van der Waals surface area contributed by atoms with Crippen molar-refractivity contribution in [2.75, 3.05) is 19.7 Å². The molecule has 0 saturated carbocycles. The first-order valence-electron chi connectivity index (χ1n) is 6.20. The van der Waals surface area contributed by atoms with Gasteiger partial charge in [0, 0.05) is 18.6 Å². The van der Waals surface area contributed by atoms with Crippen molar-refractivity contribution in [3.63, 3.8) is 0 Å². The van der Waals surface area contributed by atoms with Gasteiger partial charge in [0.05, 0.1) is 0 Å². The number of rotatable bonds is 4. The summed E-state index contributed by atoms with van der Waals surface area (Å²) in [6.45, 7) is 2.39. The number of aliphatic hydroxyl groups excluding tert-OH is 1. The van der Waals surface area contributed by atoms with Crippen molar-refractivity contribution >= 4 is 0 Å². The van der Waals surface area contributed by atoms with Crippen LogP contribution in [0.2, 0.25) is 0 Å². The van der Waals surface area contributed by atoms with Gasteiger partial charge in [-0.3, -0.25) is 0 Å². The Labute approximate surface area is 97.7 Å². The van der Waals surface area contributed by atoms with Gasteiger partial charge in [-0.05, 0) is 37.8 Å². The first-order chi connectivity index (χ1) is 7.85. The molecule has 1 saturated heterocycles. The van der Waals surface area contributed by atoms with Gasteiger partial charge < -0.3 is 10.4 Å². The minimum atomic E-state index is 0.119. The SMILES string of the molecule is OC[C@@]1(CCc2ccccc2)CCCNC1. The molecule has 1 aliphatic heterocycles. The van der Waals surface area contributed by atoms with Crippen LogP contribution in [0.3, 0.4) is 0 Å². The third kappa shape index (κ3) is 2.83. The fourth-order valence-electron chi connectivity index (χ4n) is 2.51. The van der Waals surface area contributed by atoms with Crippen molar-refractivity contribution in [1.29, 1.82) is 0 Å². The number of aryl methyl sites for hydroxylation is 1. The van der Waals surface area contributed by atoms with E-state index in [0.717, 1.165) is 32.4 Å². The summed E-state index contributed by atoms with van der Waals surface area (Å²) >= 11 is 0. The van der Waals surface area contributed by atoms with Gasteiger partial charge in [0.1, 0.15) is 0 Å². The molecular weight excluding hydrogens is 198 g/mol. The zero-order valence-electron chi connectivity index (χ0n) is 9.78. The van der Waals surface area contributed by atoms with Crippen molar-refractivity contribution < 1.29 is 5.11 Å². The first-order valence-corrected chi connectivity index (χ1v) is 6.20. The van der Waals surface area contributed by atoms with Gasteiger partial charge in [-0.1, -0.05) is 30.3 Å². The van der Waals surface area contributed by atoms with Crippen LogP contribution in [-0.2, 0) is 6.42 Å². The van der Waals surface area contributed by atoms with E-state index in [1.165, 1.54) is 12.0 Å². The van der Waals surface area contributed by atoms with Gasteiger partial charge in [-0.15, -0.1) is 0 Å². The molecule has 0 bridgehead atoms. The van der Waals surface area contributed by atoms with Gasteiger partial charge in [0.15, 0.2) is 0 Å². The summed E-state index contributed by atoms with van der Waals surface area (Å²) in [4.78, 5) is 0. The van der Waals surface area contributed by atoms with Gasteiger partial charge in [0.2, 0.25) is 0 Å². The molecule has 2 nitrogen and oxygen atoms in total. The van der Waals surface area contributed by atoms with Gasteiger partial charge in [0.25, 0.3) is 0 Å². The largest absolute Gasteiger partial charge is 0.396 e. The molecule has 0 aromatic heterocycles. The predicted octanol–water partition coefficient (Wildman–Crippen LogP) is 1.98. The zero-order chi connectivity index (χ0) is 11.3. The normalized spacial score (nSPS) is 25.6. The first kappa shape index (κ1) is 11.6. The number of aliphatic hydroxyl groups is 1. The molecule has 16 heavy (non-hydrogen) atoms. The van der Waals surface area contributed by atoms with Gasteiger partial charge in [-0.25, -0.2) is 0 Å². The molecule has 0 aliphatic carbocycles. The standard InChI is InChI=1S/C14H21NO/c16-12-14(8-4-10-15-11-14)9-7-13-5-2-1-3-6-13/h1-3,5-6,15-16H,4,7-12H2/t14-/m1/s1. The predicted molar refractivity (Wildman–Crippen MR) is 66.4 cm³/mol. The molecule has 1 atom stereocenters. The number of piperidine rings is 1. The third-order valence-electron chi connectivity index (χ3n) is 3.68. The van der Waals surface area contributed by atoms with Crippen LogP contribution in [0.15, 0.2) is 30.3 Å². The van der Waals surface area contributed by atoms with Crippen LogP contribution < -0.4 is 5.32 Å². The molecular formula is C14H21NO. The van der Waals surface area contributed by atoms with Crippen LogP contribution >= 0.6 is 0 Å². The van der Waals surface area contributed by atoms with Crippen molar-refractivity contribution in [3.05, 3.63) is 35.9 Å². The van der Waals surface area contributed by atoms with E-state index >= 15 is 0 Å². The molecule has 1 fully saturated rings. The molecule has 1 aromatic carbocycles. The number of nitrogens with one attached hydrogen (secondary N) is 1. The maximum Gasteiger partial charge on any atom is 0.0499 e. The Morgan fingerprint density at radius 2 is 2.06 bits per heavy atom. The van der Waals surface area contributed by atoms with E-state index in [1.807, 2.05) is 6.07 Å². The van der Waals surface area contributed by atoms with Crippen molar-refractivity contribution in [1.82, 2.24) is 5.32 Å². The second kappa shape index (κ2) is 5.46. The van der Waals surface area contributed by atoms with Crippen LogP contribution in [0.1, 0.15) is 24.8 Å². The smallest absolute Gasteiger partial charge is 0.0499 e. The third-order valence-corrected chi connectivity index (χ3v) is 3.68. The lowest BCUT2D eigenvalue weighted by atomic mass is 9.77. The Morgan fingerprint density at radius 3 is 2.69 bits per heavy atom. The van der Waals surface area contributed by atoms with E-state index in [1.54, 1.807) is 0 Å². The van der Waals surface area contributed by atoms with Gasteiger partial charge >= 0.3 is 0 Å². The Balaban J connectivity index is 1.92. The van der Waals surface area contributed by atoms with Crippen molar-refractivity contribution in [3.8, 4) is 0 Å². The molecule has 1 aromatic rings. The summed E-state index contributed by atoms with van der Waals surface area (Å²) in [6.07, 6.45) is 4.50. The molecule has 2 rings (SSSR count). The average Bonchev–Trinajstić information content (AvgIpc) is 2.39. The summed E-state index contributed by atoms with van der Waals surface area (Å²) in [5.74, 6) is 0. The topological polar surface area (TPSA) is 32.3 Å². The van der Waals surface area contributed by atoms with E-state index in [0.29, 0.717) is 6.61 Å². The molecule has 0 unspecified atom stereocenters. The molecule has 1 aliphatic rings. The molecule has 0 amide bonds. The Bertz CT molecular complexity index is 304. The zero-order valence-corrected chi connectivity index (χ0v) is 9.78. The quantitative estimate of drug-likeness (QED) is 0.811. The summed E-state index contributed by atoms with van der Waals surface area (Å²) in [7, 11) is 0. The molecule has 1 heterocycles. The average molecular weight is 219 g/mol.